The van der Waals surface area contributed by atoms with Gasteiger partial charge in [-0.1, -0.05) is 18.9 Å². The largest absolute Gasteiger partial charge is 0.321 e. The van der Waals surface area contributed by atoms with Crippen LogP contribution in [-0.4, -0.2) is 41.1 Å². The second-order valence-corrected chi connectivity index (χ2v) is 8.83. The van der Waals surface area contributed by atoms with Gasteiger partial charge in [0.25, 0.3) is 5.91 Å². The topological polar surface area (TPSA) is 83.8 Å². The van der Waals surface area contributed by atoms with Crippen molar-refractivity contribution in [2.24, 2.45) is 0 Å². The van der Waals surface area contributed by atoms with E-state index in [4.69, 9.17) is 0 Å². The number of carbonyl (C=O) groups excluding carboxylic acids is 1. The fraction of sp³-hybridized carbons (Fsp3) is 0.300. The van der Waals surface area contributed by atoms with Crippen LogP contribution in [0.25, 0.3) is 5.65 Å². The van der Waals surface area contributed by atoms with E-state index in [1.165, 1.54) is 0 Å². The molecule has 1 aliphatic rings. The molecule has 2 aromatic heterocycles. The number of pyridine rings is 1. The van der Waals surface area contributed by atoms with Crippen molar-refractivity contribution in [1.82, 2.24) is 13.7 Å². The SMILES string of the molecule is O=C(Nc1ccc(S(=O)(=O)N2CCCCCC2)cc1)c1cn2ccccc2n1. The van der Waals surface area contributed by atoms with Gasteiger partial charge in [0.2, 0.25) is 10.0 Å². The Labute approximate surface area is 164 Å². The summed E-state index contributed by atoms with van der Waals surface area (Å²) in [7, 11) is -3.50. The molecule has 1 amide bonds. The summed E-state index contributed by atoms with van der Waals surface area (Å²) in [5.74, 6) is -0.341. The number of sulfonamides is 1. The Bertz CT molecular complexity index is 1050. The van der Waals surface area contributed by atoms with Gasteiger partial charge >= 0.3 is 0 Å². The van der Waals surface area contributed by atoms with Gasteiger partial charge in [-0.2, -0.15) is 4.31 Å². The first-order chi connectivity index (χ1) is 13.5. The molecule has 1 aliphatic heterocycles. The summed E-state index contributed by atoms with van der Waals surface area (Å²) in [6.45, 7) is 1.13. The highest BCUT2D eigenvalue weighted by atomic mass is 32.2. The number of nitrogens with zero attached hydrogens (tertiary/aromatic N) is 3. The predicted molar refractivity (Wildman–Crippen MR) is 107 cm³/mol. The Morgan fingerprint density at radius 1 is 0.964 bits per heavy atom. The number of rotatable bonds is 4. The van der Waals surface area contributed by atoms with E-state index in [1.54, 1.807) is 39.2 Å². The molecule has 0 atom stereocenters. The number of imidazole rings is 1. The fourth-order valence-electron chi connectivity index (χ4n) is 3.38. The average Bonchev–Trinajstić information content (AvgIpc) is 2.94. The number of carbonyl (C=O) groups is 1. The minimum Gasteiger partial charge on any atom is -0.321 e. The normalized spacial score (nSPS) is 16.0. The lowest BCUT2D eigenvalue weighted by molar-refractivity contribution is 0.102. The van der Waals surface area contributed by atoms with Gasteiger partial charge in [0.05, 0.1) is 4.90 Å². The zero-order chi connectivity index (χ0) is 19.6. The van der Waals surface area contributed by atoms with E-state index >= 15 is 0 Å². The molecule has 0 saturated carbocycles. The molecular weight excluding hydrogens is 376 g/mol. The maximum atomic E-state index is 12.8. The van der Waals surface area contributed by atoms with Crippen molar-refractivity contribution in [2.45, 2.75) is 30.6 Å². The van der Waals surface area contributed by atoms with Crippen molar-refractivity contribution >= 4 is 27.3 Å². The predicted octanol–water partition coefficient (Wildman–Crippen LogP) is 3.15. The molecule has 146 valence electrons. The molecule has 7 nitrogen and oxygen atoms in total. The Morgan fingerprint density at radius 3 is 2.36 bits per heavy atom. The molecule has 1 saturated heterocycles. The van der Waals surface area contributed by atoms with Crippen LogP contribution in [0, 0.1) is 0 Å². The number of fused-ring (bicyclic) bond motifs is 1. The van der Waals surface area contributed by atoms with E-state index in [2.05, 4.69) is 10.3 Å². The van der Waals surface area contributed by atoms with Gasteiger partial charge < -0.3 is 9.72 Å². The number of hydrogen-bond acceptors (Lipinski definition) is 4. The molecule has 1 N–H and O–H groups in total. The minimum atomic E-state index is -3.50. The molecule has 0 unspecified atom stereocenters. The van der Waals surface area contributed by atoms with Gasteiger partial charge in [-0.05, 0) is 49.2 Å². The highest BCUT2D eigenvalue weighted by Gasteiger charge is 2.25. The van der Waals surface area contributed by atoms with Crippen molar-refractivity contribution in [1.29, 1.82) is 0 Å². The fourth-order valence-corrected chi connectivity index (χ4v) is 4.90. The van der Waals surface area contributed by atoms with Crippen molar-refractivity contribution in [2.75, 3.05) is 18.4 Å². The zero-order valence-electron chi connectivity index (χ0n) is 15.4. The van der Waals surface area contributed by atoms with Crippen LogP contribution < -0.4 is 5.32 Å². The number of aromatic nitrogens is 2. The molecule has 0 bridgehead atoms. The molecule has 3 heterocycles. The van der Waals surface area contributed by atoms with Gasteiger partial charge in [0.15, 0.2) is 0 Å². The van der Waals surface area contributed by atoms with Gasteiger partial charge in [-0.15, -0.1) is 0 Å². The van der Waals surface area contributed by atoms with Crippen LogP contribution in [-0.2, 0) is 10.0 Å². The molecule has 1 fully saturated rings. The lowest BCUT2D eigenvalue weighted by Gasteiger charge is -2.20. The van der Waals surface area contributed by atoms with Crippen LogP contribution in [0.1, 0.15) is 36.2 Å². The number of benzene rings is 1. The van der Waals surface area contributed by atoms with Gasteiger partial charge in [0.1, 0.15) is 11.3 Å². The quantitative estimate of drug-likeness (QED) is 0.732. The van der Waals surface area contributed by atoms with E-state index in [9.17, 15) is 13.2 Å². The third-order valence-electron chi connectivity index (χ3n) is 4.91. The lowest BCUT2D eigenvalue weighted by atomic mass is 10.2. The second kappa shape index (κ2) is 7.73. The number of amides is 1. The van der Waals surface area contributed by atoms with E-state index in [-0.39, 0.29) is 10.8 Å². The first kappa shape index (κ1) is 18.6. The van der Waals surface area contributed by atoms with Crippen molar-refractivity contribution in [3.05, 3.63) is 60.6 Å². The summed E-state index contributed by atoms with van der Waals surface area (Å²) in [4.78, 5) is 17.0. The number of hydrogen-bond donors (Lipinski definition) is 1. The molecule has 0 radical (unpaired) electrons. The smallest absolute Gasteiger partial charge is 0.275 e. The van der Waals surface area contributed by atoms with Crippen LogP contribution in [0.15, 0.2) is 59.8 Å². The molecular formula is C20H22N4O3S. The standard InChI is InChI=1S/C20H22N4O3S/c25-20(18-15-23-12-6-3-7-19(23)22-18)21-16-8-10-17(11-9-16)28(26,27)24-13-4-1-2-5-14-24/h3,6-12,15H,1-2,4-5,13-14H2,(H,21,25). The molecule has 28 heavy (non-hydrogen) atoms. The Morgan fingerprint density at radius 2 is 1.68 bits per heavy atom. The van der Waals surface area contributed by atoms with Gasteiger partial charge in [-0.3, -0.25) is 4.79 Å². The third kappa shape index (κ3) is 3.79. The van der Waals surface area contributed by atoms with Crippen molar-refractivity contribution < 1.29 is 13.2 Å². The summed E-state index contributed by atoms with van der Waals surface area (Å²) in [5, 5.41) is 2.76. The van der Waals surface area contributed by atoms with Crippen molar-refractivity contribution in [3.8, 4) is 0 Å². The first-order valence-electron chi connectivity index (χ1n) is 9.39. The van der Waals surface area contributed by atoms with E-state index < -0.39 is 10.0 Å². The third-order valence-corrected chi connectivity index (χ3v) is 6.82. The molecule has 0 aliphatic carbocycles. The van der Waals surface area contributed by atoms with Crippen LogP contribution in [0.4, 0.5) is 5.69 Å². The Kier molecular flexibility index (Phi) is 5.15. The van der Waals surface area contributed by atoms with E-state index in [1.807, 2.05) is 24.4 Å². The van der Waals surface area contributed by atoms with E-state index in [0.29, 0.717) is 30.1 Å². The number of anilines is 1. The van der Waals surface area contributed by atoms with Crippen LogP contribution in [0.5, 0.6) is 0 Å². The van der Waals surface area contributed by atoms with Crippen molar-refractivity contribution in [3.63, 3.8) is 0 Å². The molecule has 0 spiro atoms. The van der Waals surface area contributed by atoms with Crippen LogP contribution in [0.2, 0.25) is 0 Å². The summed E-state index contributed by atoms with van der Waals surface area (Å²) in [6, 6.07) is 11.8. The highest BCUT2D eigenvalue weighted by Crippen LogP contribution is 2.22. The van der Waals surface area contributed by atoms with Gasteiger partial charge in [0, 0.05) is 31.2 Å². The van der Waals surface area contributed by atoms with Crippen LogP contribution >= 0.6 is 0 Å². The maximum absolute atomic E-state index is 12.8. The lowest BCUT2D eigenvalue weighted by Crippen LogP contribution is -2.31. The molecule has 1 aromatic carbocycles. The summed E-state index contributed by atoms with van der Waals surface area (Å²) < 4.78 is 29.0. The summed E-state index contributed by atoms with van der Waals surface area (Å²) in [6.07, 6.45) is 7.41. The first-order valence-corrected chi connectivity index (χ1v) is 10.8. The van der Waals surface area contributed by atoms with E-state index in [0.717, 1.165) is 25.7 Å². The van der Waals surface area contributed by atoms with Crippen LogP contribution in [0.3, 0.4) is 0 Å². The summed E-state index contributed by atoms with van der Waals surface area (Å²) in [5.41, 5.74) is 1.51. The molecule has 3 aromatic rings. The Balaban J connectivity index is 1.48. The highest BCUT2D eigenvalue weighted by molar-refractivity contribution is 7.89. The maximum Gasteiger partial charge on any atom is 0.275 e. The zero-order valence-corrected chi connectivity index (χ0v) is 16.2. The molecule has 8 heteroatoms. The van der Waals surface area contributed by atoms with Gasteiger partial charge in [-0.25, -0.2) is 13.4 Å². The minimum absolute atomic E-state index is 0.250. The average molecular weight is 398 g/mol. The second-order valence-electron chi connectivity index (χ2n) is 6.89. The molecule has 4 rings (SSSR count). The monoisotopic (exact) mass is 398 g/mol. The number of nitrogens with one attached hydrogen (secondary N) is 1. The summed E-state index contributed by atoms with van der Waals surface area (Å²) >= 11 is 0. The Hall–Kier alpha value is -2.71.